The third-order valence-corrected chi connectivity index (χ3v) is 4.35. The van der Waals surface area contributed by atoms with E-state index in [0.29, 0.717) is 22.1 Å². The fourth-order valence-corrected chi connectivity index (χ4v) is 2.73. The molecule has 0 fully saturated rings. The predicted molar refractivity (Wildman–Crippen MR) is 115 cm³/mol. The van der Waals surface area contributed by atoms with E-state index in [-0.39, 0.29) is 12.2 Å². The monoisotopic (exact) mass is 422 g/mol. The van der Waals surface area contributed by atoms with Crippen LogP contribution in [0, 0.1) is 6.92 Å². The van der Waals surface area contributed by atoms with Gasteiger partial charge in [0.15, 0.2) is 6.61 Å². The van der Waals surface area contributed by atoms with Crippen LogP contribution in [-0.4, -0.2) is 24.7 Å². The number of benzene rings is 3. The minimum atomic E-state index is -0.559. The summed E-state index contributed by atoms with van der Waals surface area (Å²) in [6.07, 6.45) is 1.44. The van der Waals surface area contributed by atoms with Crippen molar-refractivity contribution in [2.45, 2.75) is 6.92 Å². The number of hydrazone groups is 1. The van der Waals surface area contributed by atoms with Gasteiger partial charge >= 0.3 is 5.97 Å². The molecule has 1 N–H and O–H groups in total. The molecule has 3 aromatic carbocycles. The quantitative estimate of drug-likeness (QED) is 0.265. The van der Waals surface area contributed by atoms with E-state index in [1.165, 1.54) is 6.21 Å². The maximum Gasteiger partial charge on any atom is 0.345 e. The molecule has 1 amide bonds. The number of ether oxygens (including phenoxy) is 2. The van der Waals surface area contributed by atoms with Crippen LogP contribution in [-0.2, 0) is 4.79 Å². The van der Waals surface area contributed by atoms with E-state index in [0.717, 1.165) is 5.56 Å². The highest BCUT2D eigenvalue weighted by atomic mass is 35.5. The first kappa shape index (κ1) is 21.1. The van der Waals surface area contributed by atoms with Crippen LogP contribution in [0.1, 0.15) is 21.5 Å². The number of esters is 1. The molecule has 0 aliphatic carbocycles. The van der Waals surface area contributed by atoms with Gasteiger partial charge in [0.1, 0.15) is 11.5 Å². The van der Waals surface area contributed by atoms with Crippen LogP contribution in [0.25, 0.3) is 0 Å². The van der Waals surface area contributed by atoms with Gasteiger partial charge in [0.25, 0.3) is 5.91 Å². The smallest absolute Gasteiger partial charge is 0.345 e. The van der Waals surface area contributed by atoms with Gasteiger partial charge in [-0.1, -0.05) is 54.1 Å². The summed E-state index contributed by atoms with van der Waals surface area (Å²) in [7, 11) is 0. The maximum absolute atomic E-state index is 12.3. The van der Waals surface area contributed by atoms with Crippen LogP contribution in [0.4, 0.5) is 0 Å². The van der Waals surface area contributed by atoms with Crippen molar-refractivity contribution in [1.82, 2.24) is 5.43 Å². The molecule has 0 atom stereocenters. The van der Waals surface area contributed by atoms with Gasteiger partial charge in [0.05, 0.1) is 16.8 Å². The van der Waals surface area contributed by atoms with Gasteiger partial charge in [0, 0.05) is 0 Å². The Bertz CT molecular complexity index is 1080. The minimum absolute atomic E-state index is 0.155. The largest absolute Gasteiger partial charge is 0.483 e. The van der Waals surface area contributed by atoms with Gasteiger partial charge in [0.2, 0.25) is 0 Å². The third-order valence-electron chi connectivity index (χ3n) is 4.02. The fraction of sp³-hybridized carbons (Fsp3) is 0.0870. The zero-order valence-electron chi connectivity index (χ0n) is 16.2. The van der Waals surface area contributed by atoms with Crippen molar-refractivity contribution >= 4 is 29.7 Å². The Balaban J connectivity index is 1.54. The summed E-state index contributed by atoms with van der Waals surface area (Å²) in [5, 5.41) is 4.22. The Hall–Kier alpha value is -3.64. The molecule has 0 heterocycles. The van der Waals surface area contributed by atoms with Crippen molar-refractivity contribution in [1.29, 1.82) is 0 Å². The topological polar surface area (TPSA) is 77.0 Å². The first-order valence-corrected chi connectivity index (χ1v) is 9.48. The number of hydrogen-bond acceptors (Lipinski definition) is 5. The van der Waals surface area contributed by atoms with E-state index < -0.39 is 11.9 Å². The molecular formula is C23H19ClN2O4. The lowest BCUT2D eigenvalue weighted by Crippen LogP contribution is -2.24. The summed E-state index contributed by atoms with van der Waals surface area (Å²) in [5.41, 5.74) is 4.25. The molecule has 0 unspecified atom stereocenters. The maximum atomic E-state index is 12.3. The van der Waals surface area contributed by atoms with Crippen molar-refractivity contribution in [3.05, 3.63) is 94.5 Å². The third kappa shape index (κ3) is 5.93. The minimum Gasteiger partial charge on any atom is -0.483 e. The highest BCUT2D eigenvalue weighted by Gasteiger charge is 2.12. The Morgan fingerprint density at radius 1 is 1.03 bits per heavy atom. The normalized spacial score (nSPS) is 10.6. The van der Waals surface area contributed by atoms with Crippen LogP contribution < -0.4 is 14.9 Å². The molecule has 0 bridgehead atoms. The number of hydrogen-bond donors (Lipinski definition) is 1. The van der Waals surface area contributed by atoms with Crippen molar-refractivity contribution in [3.8, 4) is 11.5 Å². The number of para-hydroxylation sites is 1. The number of carbonyl (C=O) groups is 2. The zero-order valence-corrected chi connectivity index (χ0v) is 16.9. The molecule has 0 spiro atoms. The van der Waals surface area contributed by atoms with Crippen LogP contribution in [0.3, 0.4) is 0 Å². The molecule has 0 saturated heterocycles. The van der Waals surface area contributed by atoms with Gasteiger partial charge in [-0.2, -0.15) is 5.10 Å². The molecular weight excluding hydrogens is 404 g/mol. The van der Waals surface area contributed by atoms with Gasteiger partial charge in [-0.15, -0.1) is 0 Å². The molecule has 0 aromatic heterocycles. The second-order valence-corrected chi connectivity index (χ2v) is 6.70. The standard InChI is InChI=1S/C23H19ClN2O4/c1-16-7-2-5-12-21(16)29-15-22(27)26-25-14-17-8-6-9-18(13-17)30-23(28)19-10-3-4-11-20(19)24/h2-14H,15H2,1H3,(H,26,27). The molecule has 6 nitrogen and oxygen atoms in total. The fourth-order valence-electron chi connectivity index (χ4n) is 2.52. The molecule has 3 aromatic rings. The summed E-state index contributed by atoms with van der Waals surface area (Å²) in [5.74, 6) is 0.0231. The van der Waals surface area contributed by atoms with Crippen LogP contribution in [0.15, 0.2) is 77.9 Å². The number of aryl methyl sites for hydroxylation is 1. The lowest BCUT2D eigenvalue weighted by molar-refractivity contribution is -0.123. The van der Waals surface area contributed by atoms with Crippen LogP contribution in [0.5, 0.6) is 11.5 Å². The van der Waals surface area contributed by atoms with E-state index in [1.807, 2.05) is 25.1 Å². The molecule has 7 heteroatoms. The summed E-state index contributed by atoms with van der Waals surface area (Å²) in [6.45, 7) is 1.74. The van der Waals surface area contributed by atoms with E-state index in [9.17, 15) is 9.59 Å². The first-order valence-electron chi connectivity index (χ1n) is 9.10. The van der Waals surface area contributed by atoms with E-state index in [2.05, 4.69) is 10.5 Å². The second-order valence-electron chi connectivity index (χ2n) is 6.29. The number of nitrogens with one attached hydrogen (secondary N) is 1. The van der Waals surface area contributed by atoms with Crippen molar-refractivity contribution in [2.24, 2.45) is 5.10 Å². The Morgan fingerprint density at radius 3 is 2.60 bits per heavy atom. The summed E-state index contributed by atoms with van der Waals surface area (Å²) >= 11 is 6.02. The van der Waals surface area contributed by atoms with Crippen molar-refractivity contribution in [2.75, 3.05) is 6.61 Å². The first-order chi connectivity index (χ1) is 14.5. The molecule has 0 saturated carbocycles. The van der Waals surface area contributed by atoms with Gasteiger partial charge in [-0.25, -0.2) is 10.2 Å². The number of carbonyl (C=O) groups excluding carboxylic acids is 2. The second kappa shape index (κ2) is 10.2. The van der Waals surface area contributed by atoms with Crippen LogP contribution >= 0.6 is 11.6 Å². The van der Waals surface area contributed by atoms with E-state index >= 15 is 0 Å². The highest BCUT2D eigenvalue weighted by Crippen LogP contribution is 2.19. The molecule has 0 aliphatic rings. The van der Waals surface area contributed by atoms with Gasteiger partial charge in [-0.05, 0) is 48.4 Å². The number of halogens is 1. The van der Waals surface area contributed by atoms with Crippen molar-refractivity contribution < 1.29 is 19.1 Å². The van der Waals surface area contributed by atoms with Crippen molar-refractivity contribution in [3.63, 3.8) is 0 Å². The molecule has 152 valence electrons. The number of amides is 1. The number of nitrogens with zero attached hydrogens (tertiary/aromatic N) is 1. The van der Waals surface area contributed by atoms with Gasteiger partial charge in [-0.3, -0.25) is 4.79 Å². The average Bonchev–Trinajstić information content (AvgIpc) is 2.74. The summed E-state index contributed by atoms with van der Waals surface area (Å²) < 4.78 is 10.8. The average molecular weight is 423 g/mol. The zero-order chi connectivity index (χ0) is 21.3. The van der Waals surface area contributed by atoms with Gasteiger partial charge < -0.3 is 9.47 Å². The SMILES string of the molecule is Cc1ccccc1OCC(=O)NN=Cc1cccc(OC(=O)c2ccccc2Cl)c1. The molecule has 30 heavy (non-hydrogen) atoms. The Labute approximate surface area is 179 Å². The molecule has 0 aliphatic heterocycles. The molecule has 0 radical (unpaired) electrons. The summed E-state index contributed by atoms with van der Waals surface area (Å²) in [6, 6.07) is 20.8. The predicted octanol–water partition coefficient (Wildman–Crippen LogP) is 4.40. The van der Waals surface area contributed by atoms with E-state index in [1.54, 1.807) is 54.6 Å². The highest BCUT2D eigenvalue weighted by molar-refractivity contribution is 6.33. The lowest BCUT2D eigenvalue weighted by atomic mass is 10.2. The molecule has 3 rings (SSSR count). The Kier molecular flexibility index (Phi) is 7.19. The summed E-state index contributed by atoms with van der Waals surface area (Å²) in [4.78, 5) is 24.1. The van der Waals surface area contributed by atoms with E-state index in [4.69, 9.17) is 21.1 Å². The Morgan fingerprint density at radius 2 is 1.80 bits per heavy atom. The van der Waals surface area contributed by atoms with Crippen LogP contribution in [0.2, 0.25) is 5.02 Å². The lowest BCUT2D eigenvalue weighted by Gasteiger charge is -2.07. The number of rotatable bonds is 7.